The molecule has 0 radical (unpaired) electrons. The summed E-state index contributed by atoms with van der Waals surface area (Å²) in [5, 5.41) is 19.7. The van der Waals surface area contributed by atoms with Crippen LogP contribution in [0.15, 0.2) is 40.9 Å². The Morgan fingerprint density at radius 3 is 2.43 bits per heavy atom. The third-order valence-electron chi connectivity index (χ3n) is 2.52. The van der Waals surface area contributed by atoms with E-state index in [0.29, 0.717) is 6.07 Å². The van der Waals surface area contributed by atoms with Crippen LogP contribution in [0.1, 0.15) is 10.4 Å². The number of benzene rings is 2. The molecule has 0 saturated carbocycles. The summed E-state index contributed by atoms with van der Waals surface area (Å²) in [6.07, 6.45) is 0. The molecule has 8 heteroatoms. The van der Waals surface area contributed by atoms with Gasteiger partial charge in [-0.15, -0.1) is 0 Å². The van der Waals surface area contributed by atoms with E-state index in [1.807, 2.05) is 0 Å². The molecule has 0 aliphatic heterocycles. The summed E-state index contributed by atoms with van der Waals surface area (Å²) in [7, 11) is 0. The van der Waals surface area contributed by atoms with Crippen molar-refractivity contribution in [1.29, 1.82) is 0 Å². The number of halogens is 2. The molecular formula is C13H7BrFNO5. The maximum absolute atomic E-state index is 13.8. The van der Waals surface area contributed by atoms with Crippen molar-refractivity contribution in [2.45, 2.75) is 0 Å². The number of hydrogen-bond acceptors (Lipinski definition) is 4. The van der Waals surface area contributed by atoms with E-state index in [-0.39, 0.29) is 5.75 Å². The fourth-order valence-corrected chi connectivity index (χ4v) is 1.84. The van der Waals surface area contributed by atoms with E-state index in [1.165, 1.54) is 12.1 Å². The van der Waals surface area contributed by atoms with E-state index in [0.717, 1.165) is 10.5 Å². The minimum Gasteiger partial charge on any atom is -0.477 e. The molecule has 0 atom stereocenters. The number of hydrogen-bond donors (Lipinski definition) is 1. The fourth-order valence-electron chi connectivity index (χ4n) is 1.57. The third kappa shape index (κ3) is 3.34. The van der Waals surface area contributed by atoms with Crippen LogP contribution in [0.5, 0.6) is 11.5 Å². The summed E-state index contributed by atoms with van der Waals surface area (Å²) >= 11 is 3.22. The maximum Gasteiger partial charge on any atom is 0.342 e. The lowest BCUT2D eigenvalue weighted by atomic mass is 10.1. The molecule has 1 N–H and O–H groups in total. The van der Waals surface area contributed by atoms with Crippen LogP contribution in [0.3, 0.4) is 0 Å². The minimum atomic E-state index is -1.54. The molecule has 21 heavy (non-hydrogen) atoms. The van der Waals surface area contributed by atoms with Crippen molar-refractivity contribution >= 4 is 27.6 Å². The van der Waals surface area contributed by atoms with Gasteiger partial charge in [-0.25, -0.2) is 9.18 Å². The summed E-state index contributed by atoms with van der Waals surface area (Å²) in [4.78, 5) is 20.8. The largest absolute Gasteiger partial charge is 0.477 e. The number of carboxylic acid groups (broad SMARTS) is 1. The average molecular weight is 356 g/mol. The second-order valence-electron chi connectivity index (χ2n) is 3.92. The molecule has 0 bridgehead atoms. The minimum absolute atomic E-state index is 0.266. The zero-order valence-electron chi connectivity index (χ0n) is 10.2. The Balaban J connectivity index is 2.44. The van der Waals surface area contributed by atoms with Gasteiger partial charge in [0.05, 0.1) is 11.0 Å². The average Bonchev–Trinajstić information content (AvgIpc) is 2.42. The summed E-state index contributed by atoms with van der Waals surface area (Å²) in [6.45, 7) is 0. The Kier molecular flexibility index (Phi) is 4.18. The quantitative estimate of drug-likeness (QED) is 0.661. The Labute approximate surface area is 126 Å². The van der Waals surface area contributed by atoms with Crippen LogP contribution in [-0.2, 0) is 0 Å². The molecule has 0 spiro atoms. The molecule has 0 aliphatic rings. The smallest absolute Gasteiger partial charge is 0.342 e. The Morgan fingerprint density at radius 2 is 1.90 bits per heavy atom. The summed E-state index contributed by atoms with van der Waals surface area (Å²) < 4.78 is 19.8. The van der Waals surface area contributed by atoms with Crippen molar-refractivity contribution in [1.82, 2.24) is 0 Å². The van der Waals surface area contributed by atoms with Gasteiger partial charge in [0.25, 0.3) is 5.69 Å². The van der Waals surface area contributed by atoms with E-state index in [9.17, 15) is 19.3 Å². The molecule has 0 heterocycles. The number of ether oxygens (including phenoxy) is 1. The predicted octanol–water partition coefficient (Wildman–Crippen LogP) is 3.99. The van der Waals surface area contributed by atoms with E-state index < -0.39 is 33.7 Å². The molecule has 108 valence electrons. The Hall–Kier alpha value is -2.48. The Morgan fingerprint density at radius 1 is 1.29 bits per heavy atom. The normalized spacial score (nSPS) is 10.2. The fraction of sp³-hybridized carbons (Fsp3) is 0. The van der Waals surface area contributed by atoms with Crippen LogP contribution < -0.4 is 4.74 Å². The van der Waals surface area contributed by atoms with Gasteiger partial charge in [0, 0.05) is 10.5 Å². The van der Waals surface area contributed by atoms with E-state index in [2.05, 4.69) is 15.9 Å². The number of carbonyl (C=O) groups is 1. The molecule has 0 fully saturated rings. The summed E-state index contributed by atoms with van der Waals surface area (Å²) in [5.74, 6) is -2.69. The third-order valence-corrected chi connectivity index (χ3v) is 3.05. The van der Waals surface area contributed by atoms with Gasteiger partial charge in [-0.05, 0) is 24.3 Å². The second kappa shape index (κ2) is 5.88. The first-order chi connectivity index (χ1) is 9.88. The van der Waals surface area contributed by atoms with Gasteiger partial charge in [0.15, 0.2) is 11.6 Å². The number of nitro groups is 1. The second-order valence-corrected chi connectivity index (χ2v) is 4.83. The molecule has 0 unspecified atom stereocenters. The van der Waals surface area contributed by atoms with Gasteiger partial charge in [0.2, 0.25) is 0 Å². The highest BCUT2D eigenvalue weighted by Crippen LogP contribution is 2.31. The van der Waals surface area contributed by atoms with E-state index in [4.69, 9.17) is 9.84 Å². The molecule has 2 aromatic rings. The number of aromatic carboxylic acids is 1. The zero-order valence-corrected chi connectivity index (χ0v) is 11.8. The Bertz CT molecular complexity index is 717. The van der Waals surface area contributed by atoms with Crippen molar-refractivity contribution in [3.63, 3.8) is 0 Å². The van der Waals surface area contributed by atoms with Gasteiger partial charge < -0.3 is 9.84 Å². The van der Waals surface area contributed by atoms with Gasteiger partial charge >= 0.3 is 5.97 Å². The number of nitro benzene ring substituents is 1. The predicted molar refractivity (Wildman–Crippen MR) is 74.2 cm³/mol. The van der Waals surface area contributed by atoms with Crippen molar-refractivity contribution in [2.75, 3.05) is 0 Å². The van der Waals surface area contributed by atoms with Crippen LogP contribution in [0.2, 0.25) is 0 Å². The summed E-state index contributed by atoms with van der Waals surface area (Å²) in [5.41, 5.74) is -1.48. The zero-order chi connectivity index (χ0) is 15.6. The molecule has 0 aromatic heterocycles. The molecule has 0 saturated heterocycles. The lowest BCUT2D eigenvalue weighted by Gasteiger charge is -2.08. The van der Waals surface area contributed by atoms with E-state index in [1.54, 1.807) is 12.1 Å². The van der Waals surface area contributed by atoms with Crippen LogP contribution in [-0.4, -0.2) is 16.0 Å². The van der Waals surface area contributed by atoms with Gasteiger partial charge in [-0.1, -0.05) is 15.9 Å². The molecule has 2 rings (SSSR count). The van der Waals surface area contributed by atoms with Gasteiger partial charge in [0.1, 0.15) is 11.3 Å². The summed E-state index contributed by atoms with van der Waals surface area (Å²) in [6, 6.07) is 7.68. The monoisotopic (exact) mass is 355 g/mol. The highest BCUT2D eigenvalue weighted by Gasteiger charge is 2.24. The van der Waals surface area contributed by atoms with Crippen LogP contribution in [0, 0.1) is 15.9 Å². The van der Waals surface area contributed by atoms with Crippen LogP contribution in [0.4, 0.5) is 10.1 Å². The van der Waals surface area contributed by atoms with Crippen LogP contribution in [0.25, 0.3) is 0 Å². The first kappa shape index (κ1) is 14.9. The van der Waals surface area contributed by atoms with Gasteiger partial charge in [-0.2, -0.15) is 0 Å². The molecule has 2 aromatic carbocycles. The molecular weight excluding hydrogens is 349 g/mol. The lowest BCUT2D eigenvalue weighted by Crippen LogP contribution is -2.04. The standard InChI is InChI=1S/C13H7BrFNO5/c14-7-1-3-8(4-2-7)21-12-5-9(13(17)18)11(16(19)20)6-10(12)15/h1-6H,(H,17,18). The first-order valence-electron chi connectivity index (χ1n) is 5.53. The molecule has 0 amide bonds. The number of nitrogens with zero attached hydrogens (tertiary/aromatic N) is 1. The SMILES string of the molecule is O=C(O)c1cc(Oc2ccc(Br)cc2)c(F)cc1[N+](=O)[O-]. The highest BCUT2D eigenvalue weighted by molar-refractivity contribution is 9.10. The lowest BCUT2D eigenvalue weighted by molar-refractivity contribution is -0.385. The highest BCUT2D eigenvalue weighted by atomic mass is 79.9. The van der Waals surface area contributed by atoms with Crippen molar-refractivity contribution in [3.05, 3.63) is 62.4 Å². The molecule has 6 nitrogen and oxygen atoms in total. The van der Waals surface area contributed by atoms with E-state index >= 15 is 0 Å². The maximum atomic E-state index is 13.8. The van der Waals surface area contributed by atoms with Crippen molar-refractivity contribution < 1.29 is 24.0 Å². The molecule has 0 aliphatic carbocycles. The van der Waals surface area contributed by atoms with Crippen molar-refractivity contribution in [3.8, 4) is 11.5 Å². The topological polar surface area (TPSA) is 89.7 Å². The van der Waals surface area contributed by atoms with Crippen LogP contribution >= 0.6 is 15.9 Å². The first-order valence-corrected chi connectivity index (χ1v) is 6.32. The number of carboxylic acids is 1. The van der Waals surface area contributed by atoms with Crippen molar-refractivity contribution in [2.24, 2.45) is 0 Å². The number of rotatable bonds is 4. The van der Waals surface area contributed by atoms with Gasteiger partial charge in [-0.3, -0.25) is 10.1 Å².